The van der Waals surface area contributed by atoms with Crippen LogP contribution in [0.3, 0.4) is 0 Å². The van der Waals surface area contributed by atoms with Gasteiger partial charge in [0.15, 0.2) is 0 Å². The summed E-state index contributed by atoms with van der Waals surface area (Å²) < 4.78 is 0. The molecule has 2 N–H and O–H groups in total. The van der Waals surface area contributed by atoms with Crippen LogP contribution < -0.4 is 10.6 Å². The van der Waals surface area contributed by atoms with Gasteiger partial charge in [0.1, 0.15) is 6.54 Å². The third-order valence-electron chi connectivity index (χ3n) is 3.52. The molecule has 0 bridgehead atoms. The smallest absolute Gasteiger partial charge is 0.237 e. The van der Waals surface area contributed by atoms with Crippen molar-refractivity contribution >= 4 is 5.91 Å². The van der Waals surface area contributed by atoms with Gasteiger partial charge in [0.05, 0.1) is 12.1 Å². The highest BCUT2D eigenvalue weighted by atomic mass is 16.2. The summed E-state index contributed by atoms with van der Waals surface area (Å²) in [5.41, 5.74) is 0. The van der Waals surface area contributed by atoms with Gasteiger partial charge in [-0.05, 0) is 25.2 Å². The molecule has 1 aliphatic carbocycles. The van der Waals surface area contributed by atoms with E-state index in [4.69, 9.17) is 5.26 Å². The second kappa shape index (κ2) is 4.63. The van der Waals surface area contributed by atoms with Crippen molar-refractivity contribution in [3.63, 3.8) is 0 Å². The Hall–Kier alpha value is -1.08. The highest BCUT2D eigenvalue weighted by Crippen LogP contribution is 2.33. The molecule has 0 aromatic heterocycles. The largest absolute Gasteiger partial charge is 0.342 e. The van der Waals surface area contributed by atoms with Gasteiger partial charge < -0.3 is 10.6 Å². The Morgan fingerprint density at radius 3 is 3.00 bits per heavy atom. The third-order valence-corrected chi connectivity index (χ3v) is 3.52. The van der Waals surface area contributed by atoms with E-state index in [1.807, 2.05) is 6.07 Å². The number of hydrogen-bond acceptors (Lipinski definition) is 3. The molecular formula is C11H17N3O. The molecule has 15 heavy (non-hydrogen) atoms. The number of carbonyl (C=O) groups is 1. The molecule has 4 heteroatoms. The van der Waals surface area contributed by atoms with Crippen molar-refractivity contribution in [2.45, 2.75) is 44.2 Å². The molecule has 2 rings (SSSR count). The maximum atomic E-state index is 11.6. The van der Waals surface area contributed by atoms with Crippen molar-refractivity contribution in [1.29, 1.82) is 5.26 Å². The van der Waals surface area contributed by atoms with E-state index in [2.05, 4.69) is 10.6 Å². The standard InChI is InChI=1S/C11H17N3O/c12-5-6-13-11(15)10-7-8-3-1-2-4-9(8)14-10/h8-10,14H,1-4,6-7H2,(H,13,15). The Balaban J connectivity index is 1.86. The van der Waals surface area contributed by atoms with Crippen molar-refractivity contribution < 1.29 is 4.79 Å². The lowest BCUT2D eigenvalue weighted by Crippen LogP contribution is -2.43. The monoisotopic (exact) mass is 207 g/mol. The van der Waals surface area contributed by atoms with Crippen LogP contribution in [-0.2, 0) is 4.79 Å². The van der Waals surface area contributed by atoms with Gasteiger partial charge in [0, 0.05) is 6.04 Å². The summed E-state index contributed by atoms with van der Waals surface area (Å²) in [5, 5.41) is 14.4. The van der Waals surface area contributed by atoms with E-state index >= 15 is 0 Å². The van der Waals surface area contributed by atoms with Crippen molar-refractivity contribution in [3.8, 4) is 6.07 Å². The molecule has 0 aromatic rings. The fraction of sp³-hybridized carbons (Fsp3) is 0.818. The molecule has 82 valence electrons. The first-order chi connectivity index (χ1) is 7.31. The van der Waals surface area contributed by atoms with Crippen LogP contribution >= 0.6 is 0 Å². The number of nitriles is 1. The van der Waals surface area contributed by atoms with Crippen LogP contribution in [0, 0.1) is 17.2 Å². The quantitative estimate of drug-likeness (QED) is 0.650. The van der Waals surface area contributed by atoms with Gasteiger partial charge in [-0.3, -0.25) is 4.79 Å². The maximum absolute atomic E-state index is 11.6. The van der Waals surface area contributed by atoms with E-state index in [1.54, 1.807) is 0 Å². The average Bonchev–Trinajstić information content (AvgIpc) is 2.69. The molecule has 3 atom stereocenters. The minimum absolute atomic E-state index is 0.00838. The van der Waals surface area contributed by atoms with E-state index in [9.17, 15) is 4.79 Å². The summed E-state index contributed by atoms with van der Waals surface area (Å²) in [5.74, 6) is 0.669. The summed E-state index contributed by atoms with van der Waals surface area (Å²) >= 11 is 0. The number of nitrogens with zero attached hydrogens (tertiary/aromatic N) is 1. The third kappa shape index (κ3) is 2.29. The van der Waals surface area contributed by atoms with Gasteiger partial charge in [-0.15, -0.1) is 0 Å². The Kier molecular flexibility index (Phi) is 3.22. The zero-order valence-corrected chi connectivity index (χ0v) is 8.83. The molecule has 1 aliphatic heterocycles. The maximum Gasteiger partial charge on any atom is 0.237 e. The van der Waals surface area contributed by atoms with E-state index in [-0.39, 0.29) is 18.5 Å². The molecule has 1 saturated carbocycles. The highest BCUT2D eigenvalue weighted by Gasteiger charge is 2.37. The van der Waals surface area contributed by atoms with Crippen LogP contribution in [0.5, 0.6) is 0 Å². The van der Waals surface area contributed by atoms with Crippen molar-refractivity contribution in [1.82, 2.24) is 10.6 Å². The van der Waals surface area contributed by atoms with E-state index in [1.165, 1.54) is 25.7 Å². The summed E-state index contributed by atoms with van der Waals surface area (Å²) in [6, 6.07) is 2.40. The Bertz CT molecular complexity index is 270. The second-order valence-electron chi connectivity index (χ2n) is 4.48. The number of carbonyl (C=O) groups excluding carboxylic acids is 1. The molecule has 3 unspecified atom stereocenters. The van der Waals surface area contributed by atoms with Crippen molar-refractivity contribution in [2.24, 2.45) is 5.92 Å². The number of fused-ring (bicyclic) bond motifs is 1. The summed E-state index contributed by atoms with van der Waals surface area (Å²) in [6.07, 6.45) is 5.98. The van der Waals surface area contributed by atoms with Crippen LogP contribution in [0.4, 0.5) is 0 Å². The molecule has 1 saturated heterocycles. The molecule has 0 radical (unpaired) electrons. The van der Waals surface area contributed by atoms with Crippen LogP contribution in [0.1, 0.15) is 32.1 Å². The van der Waals surface area contributed by atoms with E-state index < -0.39 is 0 Å². The summed E-state index contributed by atoms with van der Waals surface area (Å²) in [6.45, 7) is 0.117. The highest BCUT2D eigenvalue weighted by molar-refractivity contribution is 5.82. The Morgan fingerprint density at radius 1 is 1.47 bits per heavy atom. The SMILES string of the molecule is N#CCNC(=O)C1CC2CCCCC2N1. The lowest BCUT2D eigenvalue weighted by molar-refractivity contribution is -0.122. The Morgan fingerprint density at radius 2 is 2.27 bits per heavy atom. The summed E-state index contributed by atoms with van der Waals surface area (Å²) in [4.78, 5) is 11.6. The van der Waals surface area contributed by atoms with Crippen LogP contribution in [-0.4, -0.2) is 24.5 Å². The number of amides is 1. The van der Waals surface area contributed by atoms with Gasteiger partial charge in [-0.2, -0.15) is 5.26 Å². The first kappa shape index (κ1) is 10.4. The van der Waals surface area contributed by atoms with Gasteiger partial charge in [0.25, 0.3) is 0 Å². The predicted octanol–water partition coefficient (Wildman–Crippen LogP) is 0.547. The Labute approximate surface area is 90.0 Å². The fourth-order valence-corrected chi connectivity index (χ4v) is 2.77. The molecule has 1 amide bonds. The number of rotatable bonds is 2. The molecule has 4 nitrogen and oxygen atoms in total. The van der Waals surface area contributed by atoms with Crippen molar-refractivity contribution in [3.05, 3.63) is 0 Å². The first-order valence-corrected chi connectivity index (χ1v) is 5.72. The van der Waals surface area contributed by atoms with Gasteiger partial charge in [-0.25, -0.2) is 0 Å². The molecule has 1 heterocycles. The van der Waals surface area contributed by atoms with Crippen LogP contribution in [0.2, 0.25) is 0 Å². The zero-order valence-electron chi connectivity index (χ0n) is 8.83. The van der Waals surface area contributed by atoms with Crippen molar-refractivity contribution in [2.75, 3.05) is 6.54 Å². The molecule has 2 fully saturated rings. The first-order valence-electron chi connectivity index (χ1n) is 5.72. The normalized spacial score (nSPS) is 34.2. The lowest BCUT2D eigenvalue weighted by Gasteiger charge is -2.24. The topological polar surface area (TPSA) is 64.9 Å². The van der Waals surface area contributed by atoms with E-state index in [0.29, 0.717) is 12.0 Å². The van der Waals surface area contributed by atoms with Crippen LogP contribution in [0.15, 0.2) is 0 Å². The molecular weight excluding hydrogens is 190 g/mol. The van der Waals surface area contributed by atoms with Gasteiger partial charge in [-0.1, -0.05) is 12.8 Å². The van der Waals surface area contributed by atoms with Gasteiger partial charge in [0.2, 0.25) is 5.91 Å². The number of hydrogen-bond donors (Lipinski definition) is 2. The minimum Gasteiger partial charge on any atom is -0.342 e. The fourth-order valence-electron chi connectivity index (χ4n) is 2.77. The number of nitrogens with one attached hydrogen (secondary N) is 2. The van der Waals surface area contributed by atoms with Crippen LogP contribution in [0.25, 0.3) is 0 Å². The predicted molar refractivity (Wildman–Crippen MR) is 55.9 cm³/mol. The minimum atomic E-state index is -0.0635. The summed E-state index contributed by atoms with van der Waals surface area (Å²) in [7, 11) is 0. The molecule has 0 aromatic carbocycles. The average molecular weight is 207 g/mol. The zero-order chi connectivity index (χ0) is 10.7. The lowest BCUT2D eigenvalue weighted by atomic mass is 9.85. The van der Waals surface area contributed by atoms with E-state index in [0.717, 1.165) is 6.42 Å². The van der Waals surface area contributed by atoms with Gasteiger partial charge >= 0.3 is 0 Å². The second-order valence-corrected chi connectivity index (χ2v) is 4.48. The molecule has 2 aliphatic rings. The molecule has 0 spiro atoms.